The number of nitrogen functional groups attached to an aromatic ring is 1. The Morgan fingerprint density at radius 3 is 2.79 bits per heavy atom. The second-order valence-corrected chi connectivity index (χ2v) is 4.37. The van der Waals surface area contributed by atoms with E-state index in [1.807, 2.05) is 0 Å². The van der Waals surface area contributed by atoms with Crippen LogP contribution in [0.2, 0.25) is 0 Å². The van der Waals surface area contributed by atoms with Crippen LogP contribution in [-0.4, -0.2) is 55.1 Å². The van der Waals surface area contributed by atoms with Gasteiger partial charge in [0.15, 0.2) is 0 Å². The van der Waals surface area contributed by atoms with Gasteiger partial charge in [0.1, 0.15) is 23.7 Å². The van der Waals surface area contributed by atoms with Gasteiger partial charge in [0.25, 0.3) is 0 Å². The Bertz CT molecular complexity index is 523. The highest BCUT2D eigenvalue weighted by Crippen LogP contribution is 2.36. The largest absolute Gasteiger partial charge is 0.488 e. The van der Waals surface area contributed by atoms with Crippen LogP contribution >= 0.6 is 0 Å². The smallest absolute Gasteiger partial charge is 0.425 e. The molecule has 9 nitrogen and oxygen atoms in total. The van der Waals surface area contributed by atoms with Crippen molar-refractivity contribution in [3.05, 3.63) is 22.7 Å². The highest BCUT2D eigenvalue weighted by atomic mass is 16.6. The Morgan fingerprint density at radius 2 is 2.32 bits per heavy atom. The van der Waals surface area contributed by atoms with Crippen LogP contribution in [0.25, 0.3) is 0 Å². The number of hydrogen-bond donors (Lipinski definition) is 5. The van der Waals surface area contributed by atoms with Gasteiger partial charge >= 0.3 is 12.8 Å². The zero-order valence-electron chi connectivity index (χ0n) is 9.88. The van der Waals surface area contributed by atoms with Crippen LogP contribution in [0.4, 0.5) is 5.82 Å². The number of hydrogen-bond acceptors (Lipinski definition) is 8. The fraction of sp³-hybridized carbons (Fsp3) is 0.556. The summed E-state index contributed by atoms with van der Waals surface area (Å²) in [5.74, 6) is 0.0374. The summed E-state index contributed by atoms with van der Waals surface area (Å²) in [6.07, 6.45) is -1.15. The number of nitrogens with two attached hydrogens (primary N) is 1. The van der Waals surface area contributed by atoms with Crippen molar-refractivity contribution in [1.82, 2.24) is 9.55 Å². The standard InChI is InChI=1S/C9H14BN3O6/c11-6-1-2-13(8(15)12-6)7-3-9(16,10(17)18)5(4-14)19-7/h1-2,5,7,14,16-18H,3-4H2,(H2,11,12,15)/t5-,7-,9+/m1/s1. The van der Waals surface area contributed by atoms with Crippen LogP contribution in [0.3, 0.4) is 0 Å². The summed E-state index contributed by atoms with van der Waals surface area (Å²) < 4.78 is 6.31. The summed E-state index contributed by atoms with van der Waals surface area (Å²) in [4.78, 5) is 15.1. The molecule has 0 amide bonds. The first-order valence-corrected chi connectivity index (χ1v) is 5.58. The van der Waals surface area contributed by atoms with Crippen LogP contribution in [0.15, 0.2) is 17.1 Å². The van der Waals surface area contributed by atoms with E-state index in [-0.39, 0.29) is 12.2 Å². The van der Waals surface area contributed by atoms with Gasteiger partial charge in [0.05, 0.1) is 6.61 Å². The summed E-state index contributed by atoms with van der Waals surface area (Å²) in [7, 11) is -2.10. The van der Waals surface area contributed by atoms with Gasteiger partial charge in [-0.15, -0.1) is 0 Å². The number of rotatable bonds is 3. The molecule has 0 unspecified atom stereocenters. The first-order chi connectivity index (χ1) is 8.88. The minimum atomic E-state index is -2.10. The predicted octanol–water partition coefficient (Wildman–Crippen LogP) is -3.15. The molecule has 1 aliphatic rings. The highest BCUT2D eigenvalue weighted by molar-refractivity contribution is 6.45. The number of nitrogens with zero attached hydrogens (tertiary/aromatic N) is 2. The summed E-state index contributed by atoms with van der Waals surface area (Å²) in [6, 6.07) is 1.37. The van der Waals surface area contributed by atoms with Crippen molar-refractivity contribution >= 4 is 12.9 Å². The molecule has 10 heteroatoms. The Hall–Kier alpha value is -1.46. The molecule has 6 N–H and O–H groups in total. The zero-order chi connectivity index (χ0) is 14.2. The van der Waals surface area contributed by atoms with E-state index in [0.717, 1.165) is 4.57 Å². The molecule has 3 atom stereocenters. The van der Waals surface area contributed by atoms with E-state index in [4.69, 9.17) is 15.6 Å². The molecule has 104 valence electrons. The third kappa shape index (κ3) is 2.36. The Kier molecular flexibility index (Phi) is 3.61. The SMILES string of the molecule is Nc1ccn([C@H]2C[C@@](O)(B(O)O)[C@@H](CO)O2)c(=O)n1. The van der Waals surface area contributed by atoms with Crippen molar-refractivity contribution in [2.45, 2.75) is 24.3 Å². The van der Waals surface area contributed by atoms with Crippen LogP contribution in [0.1, 0.15) is 12.6 Å². The summed E-state index contributed by atoms with van der Waals surface area (Å²) in [6.45, 7) is -0.623. The lowest BCUT2D eigenvalue weighted by Crippen LogP contribution is -2.54. The normalized spacial score (nSPS) is 30.5. The van der Waals surface area contributed by atoms with Crippen molar-refractivity contribution in [3.63, 3.8) is 0 Å². The molecule has 19 heavy (non-hydrogen) atoms. The molecule has 0 saturated carbocycles. The topological polar surface area (TPSA) is 151 Å². The van der Waals surface area contributed by atoms with Crippen molar-refractivity contribution in [1.29, 1.82) is 0 Å². The van der Waals surface area contributed by atoms with Gasteiger partial charge in [0.2, 0.25) is 0 Å². The molecule has 1 fully saturated rings. The molecule has 0 bridgehead atoms. The van der Waals surface area contributed by atoms with Crippen LogP contribution < -0.4 is 11.4 Å². The lowest BCUT2D eigenvalue weighted by atomic mass is 9.64. The fourth-order valence-corrected chi connectivity index (χ4v) is 2.05. The fourth-order valence-electron chi connectivity index (χ4n) is 2.05. The van der Waals surface area contributed by atoms with E-state index in [2.05, 4.69) is 4.98 Å². The number of aromatic nitrogens is 2. The average molecular weight is 271 g/mol. The van der Waals surface area contributed by atoms with Gasteiger partial charge in [-0.05, 0) is 6.07 Å². The molecule has 1 aromatic heterocycles. The van der Waals surface area contributed by atoms with Gasteiger partial charge < -0.3 is 30.7 Å². The van der Waals surface area contributed by atoms with Gasteiger partial charge in [0, 0.05) is 12.6 Å². The lowest BCUT2D eigenvalue weighted by Gasteiger charge is -2.25. The van der Waals surface area contributed by atoms with E-state index < -0.39 is 37.2 Å². The van der Waals surface area contributed by atoms with E-state index in [1.165, 1.54) is 12.3 Å². The second-order valence-electron chi connectivity index (χ2n) is 4.37. The monoisotopic (exact) mass is 271 g/mol. The van der Waals surface area contributed by atoms with Crippen LogP contribution in [0, 0.1) is 0 Å². The number of ether oxygens (including phenoxy) is 1. The van der Waals surface area contributed by atoms with Crippen molar-refractivity contribution in [2.24, 2.45) is 0 Å². The van der Waals surface area contributed by atoms with Gasteiger partial charge in [-0.2, -0.15) is 4.98 Å². The maximum atomic E-state index is 11.6. The van der Waals surface area contributed by atoms with E-state index in [9.17, 15) is 19.9 Å². The average Bonchev–Trinajstić information content (AvgIpc) is 2.67. The van der Waals surface area contributed by atoms with E-state index in [0.29, 0.717) is 0 Å². The summed E-state index contributed by atoms with van der Waals surface area (Å²) in [5.41, 5.74) is 2.60. The summed E-state index contributed by atoms with van der Waals surface area (Å²) >= 11 is 0. The maximum absolute atomic E-state index is 11.6. The molecule has 1 aliphatic heterocycles. The third-order valence-corrected chi connectivity index (χ3v) is 3.16. The number of aliphatic hydroxyl groups is 2. The molecular formula is C9H14BN3O6. The molecule has 1 aromatic rings. The van der Waals surface area contributed by atoms with Gasteiger partial charge in [-0.25, -0.2) is 4.79 Å². The van der Waals surface area contributed by atoms with E-state index >= 15 is 0 Å². The molecule has 0 radical (unpaired) electrons. The highest BCUT2D eigenvalue weighted by Gasteiger charge is 2.55. The Morgan fingerprint density at radius 1 is 1.63 bits per heavy atom. The Balaban J connectivity index is 2.32. The third-order valence-electron chi connectivity index (χ3n) is 3.16. The molecule has 0 spiro atoms. The van der Waals surface area contributed by atoms with Gasteiger partial charge in [-0.1, -0.05) is 0 Å². The van der Waals surface area contributed by atoms with Gasteiger partial charge in [-0.3, -0.25) is 4.57 Å². The van der Waals surface area contributed by atoms with Crippen LogP contribution in [-0.2, 0) is 4.74 Å². The molecule has 2 heterocycles. The molecular weight excluding hydrogens is 257 g/mol. The quantitative estimate of drug-likeness (QED) is 0.361. The molecule has 2 rings (SSSR count). The number of anilines is 1. The predicted molar refractivity (Wildman–Crippen MR) is 63.7 cm³/mol. The maximum Gasteiger partial charge on any atom is 0.488 e. The molecule has 1 saturated heterocycles. The van der Waals surface area contributed by atoms with Crippen molar-refractivity contribution < 1.29 is 25.0 Å². The second kappa shape index (κ2) is 4.91. The van der Waals surface area contributed by atoms with Crippen LogP contribution in [0.5, 0.6) is 0 Å². The summed E-state index contributed by atoms with van der Waals surface area (Å²) in [5, 5.41) is 37.5. The van der Waals surface area contributed by atoms with Crippen molar-refractivity contribution in [2.75, 3.05) is 12.3 Å². The Labute approximate surface area is 108 Å². The molecule has 0 aliphatic carbocycles. The minimum absolute atomic E-state index is 0.0374. The van der Waals surface area contributed by atoms with Crippen molar-refractivity contribution in [3.8, 4) is 0 Å². The minimum Gasteiger partial charge on any atom is -0.425 e. The number of aliphatic hydroxyl groups excluding tert-OH is 1. The lowest BCUT2D eigenvalue weighted by molar-refractivity contribution is -0.0643. The first-order valence-electron chi connectivity index (χ1n) is 5.58. The first kappa shape index (κ1) is 14.0. The van der Waals surface area contributed by atoms with E-state index in [1.54, 1.807) is 0 Å². The molecule has 0 aromatic carbocycles. The zero-order valence-corrected chi connectivity index (χ0v) is 9.88.